The number of nitrogens with one attached hydrogen (secondary N) is 1. The van der Waals surface area contributed by atoms with Crippen LogP contribution in [0.25, 0.3) is 0 Å². The average Bonchev–Trinajstić information content (AvgIpc) is 3.12. The van der Waals surface area contributed by atoms with Crippen molar-refractivity contribution in [1.29, 1.82) is 0 Å². The highest BCUT2D eigenvalue weighted by Crippen LogP contribution is 2.31. The quantitative estimate of drug-likeness (QED) is 0.413. The number of benzene rings is 2. The lowest BCUT2D eigenvalue weighted by molar-refractivity contribution is 0.102. The molecule has 7 nitrogen and oxygen atoms in total. The maximum absolute atomic E-state index is 13.0. The smallest absolute Gasteiger partial charge is 0.259 e. The summed E-state index contributed by atoms with van der Waals surface area (Å²) in [5, 5.41) is 6.87. The van der Waals surface area contributed by atoms with Crippen molar-refractivity contribution >= 4 is 11.6 Å². The average molecular weight is 439 g/mol. The second-order valence-electron chi connectivity index (χ2n) is 7.40. The molecule has 2 aromatic carbocycles. The Kier molecular flexibility index (Phi) is 8.14. The van der Waals surface area contributed by atoms with Gasteiger partial charge in [0, 0.05) is 11.8 Å². The third kappa shape index (κ3) is 5.81. The van der Waals surface area contributed by atoms with E-state index in [0.29, 0.717) is 47.5 Å². The fourth-order valence-electron chi connectivity index (χ4n) is 3.08. The van der Waals surface area contributed by atoms with Gasteiger partial charge in [0.15, 0.2) is 11.5 Å². The molecule has 0 radical (unpaired) electrons. The zero-order valence-electron chi connectivity index (χ0n) is 19.1. The first-order chi connectivity index (χ1) is 15.5. The van der Waals surface area contributed by atoms with Gasteiger partial charge in [0.2, 0.25) is 0 Å². The van der Waals surface area contributed by atoms with Crippen LogP contribution in [0.1, 0.15) is 54.1 Å². The fourth-order valence-corrected chi connectivity index (χ4v) is 3.08. The van der Waals surface area contributed by atoms with E-state index >= 15 is 0 Å². The highest BCUT2D eigenvalue weighted by Gasteiger charge is 2.16. The van der Waals surface area contributed by atoms with Crippen molar-refractivity contribution in [3.8, 4) is 17.2 Å². The van der Waals surface area contributed by atoms with Gasteiger partial charge >= 0.3 is 0 Å². The van der Waals surface area contributed by atoms with Crippen molar-refractivity contribution in [1.82, 2.24) is 5.16 Å². The van der Waals surface area contributed by atoms with Gasteiger partial charge < -0.3 is 24.1 Å². The number of hydrogen-bond acceptors (Lipinski definition) is 6. The molecule has 1 heterocycles. The summed E-state index contributed by atoms with van der Waals surface area (Å²) in [5.74, 6) is 2.19. The lowest BCUT2D eigenvalue weighted by atomic mass is 10.1. The van der Waals surface area contributed by atoms with Crippen LogP contribution in [-0.2, 0) is 6.61 Å². The largest absolute Gasteiger partial charge is 0.490 e. The Labute approximate surface area is 188 Å². The number of nitrogens with zero attached hydrogens (tertiary/aromatic N) is 1. The second-order valence-corrected chi connectivity index (χ2v) is 7.40. The van der Waals surface area contributed by atoms with Crippen LogP contribution in [0.5, 0.6) is 17.2 Å². The van der Waals surface area contributed by atoms with Crippen molar-refractivity contribution in [3.63, 3.8) is 0 Å². The molecule has 0 fully saturated rings. The molecular weight excluding hydrogens is 408 g/mol. The monoisotopic (exact) mass is 438 g/mol. The maximum atomic E-state index is 13.0. The van der Waals surface area contributed by atoms with Gasteiger partial charge in [0.05, 0.1) is 30.0 Å². The van der Waals surface area contributed by atoms with Crippen molar-refractivity contribution in [3.05, 3.63) is 65.0 Å². The number of aromatic nitrogens is 1. The van der Waals surface area contributed by atoms with Crippen LogP contribution < -0.4 is 19.5 Å². The van der Waals surface area contributed by atoms with E-state index in [1.165, 1.54) is 0 Å². The summed E-state index contributed by atoms with van der Waals surface area (Å²) in [4.78, 5) is 13.0. The third-order valence-electron chi connectivity index (χ3n) is 4.81. The van der Waals surface area contributed by atoms with Gasteiger partial charge in [0.25, 0.3) is 5.91 Å². The van der Waals surface area contributed by atoms with Crippen LogP contribution in [0.3, 0.4) is 0 Å². The van der Waals surface area contributed by atoms with Gasteiger partial charge in [-0.1, -0.05) is 31.1 Å². The van der Waals surface area contributed by atoms with Crippen molar-refractivity contribution in [2.75, 3.05) is 18.5 Å². The van der Waals surface area contributed by atoms with Gasteiger partial charge in [-0.15, -0.1) is 0 Å². The molecule has 0 atom stereocenters. The molecule has 0 unspecified atom stereocenters. The van der Waals surface area contributed by atoms with E-state index in [9.17, 15) is 4.79 Å². The molecule has 0 aliphatic heterocycles. The summed E-state index contributed by atoms with van der Waals surface area (Å²) in [7, 11) is 0. The van der Waals surface area contributed by atoms with E-state index in [2.05, 4.69) is 10.5 Å². The van der Waals surface area contributed by atoms with Crippen LogP contribution in [0, 0.1) is 13.8 Å². The maximum Gasteiger partial charge on any atom is 0.259 e. The fraction of sp³-hybridized carbons (Fsp3) is 0.360. The predicted molar refractivity (Wildman–Crippen MR) is 123 cm³/mol. The van der Waals surface area contributed by atoms with Crippen molar-refractivity contribution in [2.24, 2.45) is 0 Å². The zero-order valence-corrected chi connectivity index (χ0v) is 19.1. The number of amides is 1. The minimum atomic E-state index is -0.275. The number of carbonyl (C=O) groups is 1. The SMILES string of the molecule is CCCOc1ccc(NC(=O)c2ccccc2OCc2c(C)noc2C)cc1OCCC. The van der Waals surface area contributed by atoms with E-state index < -0.39 is 0 Å². The molecule has 32 heavy (non-hydrogen) atoms. The number of aryl methyl sites for hydroxylation is 2. The number of carbonyl (C=O) groups excluding carboxylic acids is 1. The van der Waals surface area contributed by atoms with Crippen LogP contribution in [-0.4, -0.2) is 24.3 Å². The summed E-state index contributed by atoms with van der Waals surface area (Å²) < 4.78 is 22.7. The van der Waals surface area contributed by atoms with E-state index in [0.717, 1.165) is 24.1 Å². The Morgan fingerprint density at radius 3 is 2.34 bits per heavy atom. The molecule has 1 N–H and O–H groups in total. The molecule has 1 amide bonds. The normalized spacial score (nSPS) is 10.6. The number of para-hydroxylation sites is 1. The Morgan fingerprint density at radius 2 is 1.66 bits per heavy atom. The third-order valence-corrected chi connectivity index (χ3v) is 4.81. The number of ether oxygens (including phenoxy) is 3. The first-order valence-electron chi connectivity index (χ1n) is 10.9. The summed E-state index contributed by atoms with van der Waals surface area (Å²) in [6.45, 7) is 9.22. The summed E-state index contributed by atoms with van der Waals surface area (Å²) in [6, 6.07) is 12.5. The Balaban J connectivity index is 1.75. The molecule has 3 aromatic rings. The first-order valence-corrected chi connectivity index (χ1v) is 10.9. The van der Waals surface area contributed by atoms with Crippen LogP contribution in [0.4, 0.5) is 5.69 Å². The summed E-state index contributed by atoms with van der Waals surface area (Å²) >= 11 is 0. The Bertz CT molecular complexity index is 1030. The van der Waals surface area contributed by atoms with E-state index in [1.807, 2.05) is 39.8 Å². The molecular formula is C25H30N2O5. The molecule has 0 aliphatic carbocycles. The number of hydrogen-bond donors (Lipinski definition) is 1. The molecule has 1 aromatic heterocycles. The van der Waals surface area contributed by atoms with Crippen molar-refractivity contribution in [2.45, 2.75) is 47.1 Å². The van der Waals surface area contributed by atoms with Gasteiger partial charge in [-0.2, -0.15) is 0 Å². The second kappa shape index (κ2) is 11.2. The molecule has 0 saturated heterocycles. The molecule has 0 aliphatic rings. The highest BCUT2D eigenvalue weighted by molar-refractivity contribution is 6.06. The van der Waals surface area contributed by atoms with E-state index in [4.69, 9.17) is 18.7 Å². The Hall–Kier alpha value is -3.48. The summed E-state index contributed by atoms with van der Waals surface area (Å²) in [5.41, 5.74) is 2.70. The molecule has 3 rings (SSSR count). The standard InChI is InChI=1S/C25H30N2O5/c1-5-13-29-23-12-11-19(15-24(23)30-14-6-2)26-25(28)20-9-7-8-10-22(20)31-16-21-17(3)27-32-18(21)4/h7-12,15H,5-6,13-14,16H2,1-4H3,(H,26,28). The summed E-state index contributed by atoms with van der Waals surface area (Å²) in [6.07, 6.45) is 1.77. The van der Waals surface area contributed by atoms with Gasteiger partial charge in [-0.3, -0.25) is 4.79 Å². The first kappa shape index (κ1) is 23.2. The van der Waals surface area contributed by atoms with Gasteiger partial charge in [-0.25, -0.2) is 0 Å². The molecule has 0 bridgehead atoms. The lowest BCUT2D eigenvalue weighted by Crippen LogP contribution is -2.14. The topological polar surface area (TPSA) is 82.8 Å². The molecule has 7 heteroatoms. The van der Waals surface area contributed by atoms with Crippen molar-refractivity contribution < 1.29 is 23.5 Å². The molecule has 0 saturated carbocycles. The number of rotatable bonds is 11. The minimum absolute atomic E-state index is 0.268. The minimum Gasteiger partial charge on any atom is -0.490 e. The van der Waals surface area contributed by atoms with E-state index in [1.54, 1.807) is 30.3 Å². The highest BCUT2D eigenvalue weighted by atomic mass is 16.5. The number of anilines is 1. The van der Waals surface area contributed by atoms with Crippen LogP contribution >= 0.6 is 0 Å². The Morgan fingerprint density at radius 1 is 0.938 bits per heavy atom. The molecule has 170 valence electrons. The lowest BCUT2D eigenvalue weighted by Gasteiger charge is -2.15. The predicted octanol–water partition coefficient (Wildman–Crippen LogP) is 5.70. The molecule has 0 spiro atoms. The zero-order chi connectivity index (χ0) is 22.9. The van der Waals surface area contributed by atoms with Gasteiger partial charge in [-0.05, 0) is 51.0 Å². The van der Waals surface area contributed by atoms with Crippen LogP contribution in [0.15, 0.2) is 47.0 Å². The van der Waals surface area contributed by atoms with E-state index in [-0.39, 0.29) is 12.5 Å². The van der Waals surface area contributed by atoms with Crippen LogP contribution in [0.2, 0.25) is 0 Å². The van der Waals surface area contributed by atoms with Gasteiger partial charge in [0.1, 0.15) is 18.1 Å².